The maximum Gasteiger partial charge on any atom is 0.276 e. The maximum atomic E-state index is 13.0. The molecule has 2 aromatic carbocycles. The van der Waals surface area contributed by atoms with Crippen LogP contribution in [-0.4, -0.2) is 22.5 Å². The fourth-order valence-electron chi connectivity index (χ4n) is 3.12. The van der Waals surface area contributed by atoms with Crippen molar-refractivity contribution in [3.63, 3.8) is 0 Å². The second kappa shape index (κ2) is 8.00. The number of rotatable bonds is 4. The van der Waals surface area contributed by atoms with E-state index in [-0.39, 0.29) is 36.4 Å². The van der Waals surface area contributed by atoms with Crippen molar-refractivity contribution in [3.05, 3.63) is 52.4 Å². The predicted molar refractivity (Wildman–Crippen MR) is 113 cm³/mol. The standard InChI is InChI=1S/C20H20N4O4.ClH/c1-11(2)9-24-20(26)13-6-4-3-5-12(13)18(23-24)19(25)22-15-8-17-16(7-14(15)21)27-10-28-17;/h3-8,11H,9-10,21H2,1-2H3,(H,22,25);1H. The third-order valence-corrected chi connectivity index (χ3v) is 4.41. The van der Waals surface area contributed by atoms with Gasteiger partial charge in [-0.05, 0) is 12.0 Å². The zero-order valence-corrected chi connectivity index (χ0v) is 16.8. The van der Waals surface area contributed by atoms with Gasteiger partial charge in [0.05, 0.1) is 16.8 Å². The molecule has 8 nitrogen and oxygen atoms in total. The van der Waals surface area contributed by atoms with Crippen molar-refractivity contribution < 1.29 is 14.3 Å². The van der Waals surface area contributed by atoms with Gasteiger partial charge >= 0.3 is 0 Å². The molecule has 0 aliphatic carbocycles. The largest absolute Gasteiger partial charge is 0.454 e. The zero-order valence-electron chi connectivity index (χ0n) is 16.0. The van der Waals surface area contributed by atoms with Crippen molar-refractivity contribution in [2.75, 3.05) is 17.8 Å². The summed E-state index contributed by atoms with van der Waals surface area (Å²) in [7, 11) is 0. The number of nitrogens with zero attached hydrogens (tertiary/aromatic N) is 2. The van der Waals surface area contributed by atoms with Crippen LogP contribution < -0.4 is 26.1 Å². The lowest BCUT2D eigenvalue weighted by molar-refractivity contribution is 0.102. The van der Waals surface area contributed by atoms with Crippen LogP contribution in [0.15, 0.2) is 41.2 Å². The Morgan fingerprint density at radius 3 is 2.55 bits per heavy atom. The van der Waals surface area contributed by atoms with Crippen molar-refractivity contribution >= 4 is 40.5 Å². The molecule has 1 aromatic heterocycles. The van der Waals surface area contributed by atoms with Gasteiger partial charge in [-0.1, -0.05) is 32.0 Å². The normalized spacial score (nSPS) is 12.1. The molecule has 2 heterocycles. The molecule has 1 aliphatic heterocycles. The molecule has 0 spiro atoms. The number of halogens is 1. The van der Waals surface area contributed by atoms with Crippen molar-refractivity contribution in [1.82, 2.24) is 9.78 Å². The second-order valence-corrected chi connectivity index (χ2v) is 7.02. The Balaban J connectivity index is 0.00000240. The maximum absolute atomic E-state index is 13.0. The van der Waals surface area contributed by atoms with E-state index >= 15 is 0 Å². The fraction of sp³-hybridized carbons (Fsp3) is 0.250. The van der Waals surface area contributed by atoms with Gasteiger partial charge in [0.1, 0.15) is 0 Å². The van der Waals surface area contributed by atoms with E-state index < -0.39 is 5.91 Å². The summed E-state index contributed by atoms with van der Waals surface area (Å²) in [6, 6.07) is 10.2. The number of benzene rings is 2. The van der Waals surface area contributed by atoms with Crippen LogP contribution in [0.3, 0.4) is 0 Å². The summed E-state index contributed by atoms with van der Waals surface area (Å²) >= 11 is 0. The molecule has 0 saturated heterocycles. The summed E-state index contributed by atoms with van der Waals surface area (Å²) in [5.74, 6) is 0.780. The summed E-state index contributed by atoms with van der Waals surface area (Å²) in [6.07, 6.45) is 0. The number of carbonyl (C=O) groups excluding carboxylic acids is 1. The Bertz CT molecular complexity index is 1140. The van der Waals surface area contributed by atoms with Crippen molar-refractivity contribution in [2.45, 2.75) is 20.4 Å². The predicted octanol–water partition coefficient (Wildman–Crippen LogP) is 3.04. The zero-order chi connectivity index (χ0) is 19.8. The van der Waals surface area contributed by atoms with Crippen LogP contribution in [0.5, 0.6) is 11.5 Å². The van der Waals surface area contributed by atoms with E-state index in [1.165, 1.54) is 4.68 Å². The minimum atomic E-state index is -0.459. The molecule has 1 aliphatic rings. The minimum absolute atomic E-state index is 0. The quantitative estimate of drug-likeness (QED) is 0.633. The molecule has 29 heavy (non-hydrogen) atoms. The van der Waals surface area contributed by atoms with Crippen LogP contribution in [0.25, 0.3) is 10.8 Å². The third kappa shape index (κ3) is 3.84. The average molecular weight is 417 g/mol. The summed E-state index contributed by atoms with van der Waals surface area (Å²) in [4.78, 5) is 25.7. The molecule has 152 valence electrons. The van der Waals surface area contributed by atoms with Gasteiger partial charge in [0.2, 0.25) is 6.79 Å². The van der Waals surface area contributed by atoms with Gasteiger partial charge in [-0.15, -0.1) is 12.4 Å². The lowest BCUT2D eigenvalue weighted by Gasteiger charge is -2.13. The Morgan fingerprint density at radius 1 is 1.21 bits per heavy atom. The number of aromatic nitrogens is 2. The minimum Gasteiger partial charge on any atom is -0.454 e. The molecule has 1 amide bonds. The SMILES string of the molecule is CC(C)Cn1nc(C(=O)Nc2cc3c(cc2N)OCO3)c2ccccc2c1=O.Cl. The molecule has 0 unspecified atom stereocenters. The Hall–Kier alpha value is -3.26. The van der Waals surface area contributed by atoms with E-state index in [1.807, 2.05) is 13.8 Å². The number of ether oxygens (including phenoxy) is 2. The Kier molecular flexibility index (Phi) is 5.65. The number of fused-ring (bicyclic) bond motifs is 2. The molecular weight excluding hydrogens is 396 g/mol. The number of hydrogen-bond donors (Lipinski definition) is 2. The highest BCUT2D eigenvalue weighted by molar-refractivity contribution is 6.12. The van der Waals surface area contributed by atoms with Crippen molar-refractivity contribution in [1.29, 1.82) is 0 Å². The van der Waals surface area contributed by atoms with Gasteiger partial charge in [-0.2, -0.15) is 5.10 Å². The van der Waals surface area contributed by atoms with Gasteiger partial charge in [0.25, 0.3) is 11.5 Å². The lowest BCUT2D eigenvalue weighted by atomic mass is 10.1. The topological polar surface area (TPSA) is 108 Å². The van der Waals surface area contributed by atoms with E-state index in [1.54, 1.807) is 36.4 Å². The molecule has 0 bridgehead atoms. The van der Waals surface area contributed by atoms with Gasteiger partial charge < -0.3 is 20.5 Å². The van der Waals surface area contributed by atoms with Crippen LogP contribution in [0.1, 0.15) is 24.3 Å². The smallest absolute Gasteiger partial charge is 0.276 e. The van der Waals surface area contributed by atoms with Crippen LogP contribution in [0.2, 0.25) is 0 Å². The molecule has 0 saturated carbocycles. The second-order valence-electron chi connectivity index (χ2n) is 7.02. The highest BCUT2D eigenvalue weighted by atomic mass is 35.5. The molecule has 0 radical (unpaired) electrons. The monoisotopic (exact) mass is 416 g/mol. The van der Waals surface area contributed by atoms with E-state index in [0.717, 1.165) is 0 Å². The number of anilines is 2. The summed E-state index contributed by atoms with van der Waals surface area (Å²) < 4.78 is 12.0. The van der Waals surface area contributed by atoms with Crippen LogP contribution in [0.4, 0.5) is 11.4 Å². The summed E-state index contributed by atoms with van der Waals surface area (Å²) in [5, 5.41) is 8.04. The van der Waals surface area contributed by atoms with Crippen LogP contribution in [0, 0.1) is 5.92 Å². The first kappa shape index (κ1) is 20.5. The first-order chi connectivity index (χ1) is 13.4. The molecule has 4 rings (SSSR count). The molecule has 3 aromatic rings. The van der Waals surface area contributed by atoms with Gasteiger partial charge in [0.15, 0.2) is 17.2 Å². The van der Waals surface area contributed by atoms with E-state index in [4.69, 9.17) is 15.2 Å². The molecule has 0 atom stereocenters. The van der Waals surface area contributed by atoms with Crippen molar-refractivity contribution in [3.8, 4) is 11.5 Å². The van der Waals surface area contributed by atoms with Gasteiger partial charge in [-0.25, -0.2) is 4.68 Å². The van der Waals surface area contributed by atoms with E-state index in [2.05, 4.69) is 10.4 Å². The number of amides is 1. The number of carbonyl (C=O) groups is 1. The van der Waals surface area contributed by atoms with Crippen LogP contribution in [-0.2, 0) is 6.54 Å². The molecule has 3 N–H and O–H groups in total. The summed E-state index contributed by atoms with van der Waals surface area (Å²) in [6.45, 7) is 4.49. The van der Waals surface area contributed by atoms with Gasteiger partial charge in [-0.3, -0.25) is 9.59 Å². The Morgan fingerprint density at radius 2 is 1.86 bits per heavy atom. The molecular formula is C20H21ClN4O4. The number of hydrogen-bond acceptors (Lipinski definition) is 6. The van der Waals surface area contributed by atoms with Crippen LogP contribution >= 0.6 is 12.4 Å². The molecule has 9 heteroatoms. The highest BCUT2D eigenvalue weighted by Crippen LogP contribution is 2.38. The summed E-state index contributed by atoms with van der Waals surface area (Å²) in [5.41, 5.74) is 6.70. The highest BCUT2D eigenvalue weighted by Gasteiger charge is 2.21. The van der Waals surface area contributed by atoms with Crippen molar-refractivity contribution in [2.24, 2.45) is 5.92 Å². The van der Waals surface area contributed by atoms with E-state index in [9.17, 15) is 9.59 Å². The first-order valence-corrected chi connectivity index (χ1v) is 8.94. The average Bonchev–Trinajstić information content (AvgIpc) is 3.11. The first-order valence-electron chi connectivity index (χ1n) is 8.94. The number of nitrogens with one attached hydrogen (secondary N) is 1. The van der Waals surface area contributed by atoms with Gasteiger partial charge in [0, 0.05) is 24.1 Å². The third-order valence-electron chi connectivity index (χ3n) is 4.41. The number of nitrogens with two attached hydrogens (primary N) is 1. The Labute approximate surface area is 173 Å². The molecule has 0 fully saturated rings. The fourth-order valence-corrected chi connectivity index (χ4v) is 3.12. The van der Waals surface area contributed by atoms with E-state index in [0.29, 0.717) is 40.2 Å². The number of nitrogen functional groups attached to an aromatic ring is 1. The lowest BCUT2D eigenvalue weighted by Crippen LogP contribution is -2.29.